The minimum atomic E-state index is -0.311. The van der Waals surface area contributed by atoms with Gasteiger partial charge in [0.25, 0.3) is 5.91 Å². The van der Waals surface area contributed by atoms with E-state index in [4.69, 9.17) is 19.9 Å². The zero-order valence-electron chi connectivity index (χ0n) is 18.2. The molecule has 0 radical (unpaired) electrons. The average molecular weight is 415 g/mol. The minimum absolute atomic E-state index is 0.311. The highest BCUT2D eigenvalue weighted by molar-refractivity contribution is 6.07. The van der Waals surface area contributed by atoms with Crippen LogP contribution in [0.3, 0.4) is 0 Å². The van der Waals surface area contributed by atoms with Crippen molar-refractivity contribution < 1.29 is 19.0 Å². The number of piperazine rings is 1. The third-order valence-corrected chi connectivity index (χ3v) is 5.39. The summed E-state index contributed by atoms with van der Waals surface area (Å²) in [4.78, 5) is 17.6. The maximum absolute atomic E-state index is 13.0. The molecule has 8 heteroatoms. The number of ether oxygens (including phenoxy) is 3. The monoisotopic (exact) mass is 414 g/mol. The summed E-state index contributed by atoms with van der Waals surface area (Å²) in [5.74, 6) is 0.951. The summed E-state index contributed by atoms with van der Waals surface area (Å²) < 4.78 is 16.0. The quantitative estimate of drug-likeness (QED) is 0.703. The van der Waals surface area contributed by atoms with Crippen molar-refractivity contribution in [2.24, 2.45) is 0 Å². The fourth-order valence-electron chi connectivity index (χ4n) is 3.62. The molecular formula is C22H30N4O4. The molecule has 3 N–H and O–H groups in total. The van der Waals surface area contributed by atoms with Gasteiger partial charge in [-0.05, 0) is 43.8 Å². The highest BCUT2D eigenvalue weighted by atomic mass is 16.5. The van der Waals surface area contributed by atoms with E-state index in [0.717, 1.165) is 37.4 Å². The normalized spacial score (nSPS) is 14.4. The second-order valence-corrected chi connectivity index (χ2v) is 7.38. The lowest BCUT2D eigenvalue weighted by Gasteiger charge is -2.35. The van der Waals surface area contributed by atoms with E-state index in [-0.39, 0.29) is 5.91 Å². The van der Waals surface area contributed by atoms with Gasteiger partial charge in [-0.25, -0.2) is 0 Å². The number of rotatable bonds is 6. The van der Waals surface area contributed by atoms with Gasteiger partial charge in [-0.15, -0.1) is 0 Å². The van der Waals surface area contributed by atoms with Gasteiger partial charge < -0.3 is 35.1 Å². The molecule has 1 amide bonds. The molecule has 162 valence electrons. The van der Waals surface area contributed by atoms with Gasteiger partial charge in [0.1, 0.15) is 0 Å². The summed E-state index contributed by atoms with van der Waals surface area (Å²) in [7, 11) is 6.67. The van der Waals surface area contributed by atoms with Crippen LogP contribution in [-0.2, 0) is 0 Å². The van der Waals surface area contributed by atoms with Crippen molar-refractivity contribution in [3.05, 3.63) is 35.4 Å². The maximum atomic E-state index is 13.0. The third kappa shape index (κ3) is 4.38. The average Bonchev–Trinajstić information content (AvgIpc) is 2.75. The van der Waals surface area contributed by atoms with Crippen molar-refractivity contribution in [2.45, 2.75) is 6.92 Å². The topological polar surface area (TPSA) is 89.3 Å². The molecule has 0 aliphatic carbocycles. The molecule has 0 spiro atoms. The summed E-state index contributed by atoms with van der Waals surface area (Å²) >= 11 is 0. The van der Waals surface area contributed by atoms with Crippen LogP contribution >= 0.6 is 0 Å². The van der Waals surface area contributed by atoms with Gasteiger partial charge in [0.05, 0.1) is 32.7 Å². The lowest BCUT2D eigenvalue weighted by Crippen LogP contribution is -2.44. The van der Waals surface area contributed by atoms with Crippen LogP contribution in [0.1, 0.15) is 15.9 Å². The number of carbonyl (C=O) groups excluding carboxylic acids is 1. The Labute approximate surface area is 177 Å². The van der Waals surface area contributed by atoms with E-state index in [9.17, 15) is 4.79 Å². The molecule has 0 bridgehead atoms. The van der Waals surface area contributed by atoms with E-state index >= 15 is 0 Å². The molecule has 0 saturated carbocycles. The fourth-order valence-corrected chi connectivity index (χ4v) is 3.62. The molecule has 1 heterocycles. The number of amides is 1. The highest BCUT2D eigenvalue weighted by Crippen LogP contribution is 2.38. The molecule has 2 aromatic carbocycles. The fraction of sp³-hybridized carbons (Fsp3) is 0.409. The van der Waals surface area contributed by atoms with Gasteiger partial charge in [0.15, 0.2) is 11.5 Å². The van der Waals surface area contributed by atoms with Crippen LogP contribution in [0.4, 0.5) is 17.1 Å². The zero-order chi connectivity index (χ0) is 21.8. The van der Waals surface area contributed by atoms with E-state index < -0.39 is 0 Å². The second kappa shape index (κ2) is 9.13. The molecule has 30 heavy (non-hydrogen) atoms. The first-order valence-corrected chi connectivity index (χ1v) is 9.83. The summed E-state index contributed by atoms with van der Waals surface area (Å²) in [6.45, 7) is 5.89. The first kappa shape index (κ1) is 21.6. The lowest BCUT2D eigenvalue weighted by molar-refractivity contribution is 0.102. The van der Waals surface area contributed by atoms with E-state index in [2.05, 4.69) is 22.2 Å². The molecule has 0 atom stereocenters. The molecule has 0 unspecified atom stereocenters. The van der Waals surface area contributed by atoms with Gasteiger partial charge in [0.2, 0.25) is 5.75 Å². The van der Waals surface area contributed by atoms with E-state index in [1.54, 1.807) is 12.1 Å². The van der Waals surface area contributed by atoms with Crippen molar-refractivity contribution in [3.63, 3.8) is 0 Å². The van der Waals surface area contributed by atoms with Gasteiger partial charge in [-0.2, -0.15) is 0 Å². The summed E-state index contributed by atoms with van der Waals surface area (Å²) in [5.41, 5.74) is 9.86. The Bertz CT molecular complexity index is 899. The van der Waals surface area contributed by atoms with Crippen molar-refractivity contribution in [1.29, 1.82) is 0 Å². The Morgan fingerprint density at radius 1 is 0.967 bits per heavy atom. The van der Waals surface area contributed by atoms with Gasteiger partial charge in [0, 0.05) is 37.4 Å². The number of anilines is 3. The minimum Gasteiger partial charge on any atom is -0.493 e. The number of methoxy groups -OCH3 is 3. The van der Waals surface area contributed by atoms with Crippen LogP contribution in [-0.4, -0.2) is 65.4 Å². The van der Waals surface area contributed by atoms with Crippen LogP contribution in [0.25, 0.3) is 0 Å². The largest absolute Gasteiger partial charge is 0.493 e. The first-order chi connectivity index (χ1) is 14.4. The van der Waals surface area contributed by atoms with Gasteiger partial charge in [-0.1, -0.05) is 0 Å². The van der Waals surface area contributed by atoms with Crippen molar-refractivity contribution >= 4 is 23.0 Å². The number of hydrogen-bond acceptors (Lipinski definition) is 7. The van der Waals surface area contributed by atoms with Crippen molar-refractivity contribution in [2.75, 3.05) is 70.5 Å². The Morgan fingerprint density at radius 3 is 2.10 bits per heavy atom. The highest BCUT2D eigenvalue weighted by Gasteiger charge is 2.20. The molecule has 2 aromatic rings. The van der Waals surface area contributed by atoms with Gasteiger partial charge in [-0.3, -0.25) is 4.79 Å². The Hall–Kier alpha value is -3.13. The van der Waals surface area contributed by atoms with E-state index in [1.807, 2.05) is 19.1 Å². The number of carbonyl (C=O) groups is 1. The maximum Gasteiger partial charge on any atom is 0.255 e. The lowest BCUT2D eigenvalue weighted by atomic mass is 10.1. The molecule has 1 fully saturated rings. The van der Waals surface area contributed by atoms with Crippen LogP contribution < -0.4 is 30.2 Å². The number of hydrogen-bond donors (Lipinski definition) is 2. The number of aryl methyl sites for hydroxylation is 1. The smallest absolute Gasteiger partial charge is 0.255 e. The standard InChI is InChI=1S/C22H30N4O4/c1-14-10-16(23)17(13-18(14)26-8-6-25(2)7-9-26)24-22(27)15-11-19(28-3)21(30-5)20(12-15)29-4/h10-13H,6-9,23H2,1-5H3,(H,24,27). The zero-order valence-corrected chi connectivity index (χ0v) is 18.2. The third-order valence-electron chi connectivity index (χ3n) is 5.39. The van der Waals surface area contributed by atoms with Gasteiger partial charge >= 0.3 is 0 Å². The number of benzene rings is 2. The Morgan fingerprint density at radius 2 is 1.57 bits per heavy atom. The number of likely N-dealkylation sites (N-methyl/N-ethyl adjacent to an activating group) is 1. The summed E-state index contributed by atoms with van der Waals surface area (Å²) in [6, 6.07) is 7.08. The first-order valence-electron chi connectivity index (χ1n) is 9.83. The molecule has 1 aliphatic rings. The number of nitrogens with two attached hydrogens (primary N) is 1. The summed E-state index contributed by atoms with van der Waals surface area (Å²) in [5, 5.41) is 2.93. The van der Waals surface area contributed by atoms with Crippen LogP contribution in [0, 0.1) is 6.92 Å². The Kier molecular flexibility index (Phi) is 6.56. The van der Waals surface area contributed by atoms with E-state index in [0.29, 0.717) is 34.2 Å². The predicted octanol–water partition coefficient (Wildman–Crippen LogP) is 2.61. The molecule has 1 saturated heterocycles. The number of nitrogen functional groups attached to an aromatic ring is 1. The molecular weight excluding hydrogens is 384 g/mol. The molecule has 1 aliphatic heterocycles. The van der Waals surface area contributed by atoms with Crippen molar-refractivity contribution in [1.82, 2.24) is 4.90 Å². The molecule has 0 aromatic heterocycles. The van der Waals surface area contributed by atoms with E-state index in [1.165, 1.54) is 21.3 Å². The molecule has 8 nitrogen and oxygen atoms in total. The SMILES string of the molecule is COc1cc(C(=O)Nc2cc(N3CCN(C)CC3)c(C)cc2N)cc(OC)c1OC. The molecule has 3 rings (SSSR count). The summed E-state index contributed by atoms with van der Waals surface area (Å²) in [6.07, 6.45) is 0. The number of nitrogens with zero attached hydrogens (tertiary/aromatic N) is 2. The number of nitrogens with one attached hydrogen (secondary N) is 1. The van der Waals surface area contributed by atoms with Crippen LogP contribution in [0.2, 0.25) is 0 Å². The van der Waals surface area contributed by atoms with Crippen LogP contribution in [0.15, 0.2) is 24.3 Å². The predicted molar refractivity (Wildman–Crippen MR) is 119 cm³/mol. The second-order valence-electron chi connectivity index (χ2n) is 7.38. The van der Waals surface area contributed by atoms with Crippen molar-refractivity contribution in [3.8, 4) is 17.2 Å². The Balaban J connectivity index is 1.89. The van der Waals surface area contributed by atoms with Crippen LogP contribution in [0.5, 0.6) is 17.2 Å².